The number of carbonyl (C=O) groups excluding carboxylic acids is 1. The Kier molecular flexibility index (Phi) is 3.71. The zero-order valence-electron chi connectivity index (χ0n) is 11.6. The maximum atomic E-state index is 12.1. The number of ether oxygens (including phenoxy) is 2. The number of hydrogen-bond donors (Lipinski definition) is 1. The number of fused-ring (bicyclic) bond motifs is 1. The maximum absolute atomic E-state index is 12.1. The molecule has 1 N–H and O–H groups in total. The number of carboxylic acids is 1. The predicted molar refractivity (Wildman–Crippen MR) is 66.9 cm³/mol. The van der Waals surface area contributed by atoms with Gasteiger partial charge in [0.1, 0.15) is 5.60 Å². The Balaban J connectivity index is 1.97. The molecule has 0 spiro atoms. The summed E-state index contributed by atoms with van der Waals surface area (Å²) in [6.07, 6.45) is 0.518. The molecule has 3 atom stereocenters. The Morgan fingerprint density at radius 3 is 2.53 bits per heavy atom. The number of rotatable bonds is 1. The second-order valence-electron chi connectivity index (χ2n) is 6.11. The van der Waals surface area contributed by atoms with E-state index in [9.17, 15) is 9.59 Å². The number of carboxylic acid groups (broad SMARTS) is 1. The largest absolute Gasteiger partial charge is 0.479 e. The van der Waals surface area contributed by atoms with Crippen molar-refractivity contribution in [3.63, 3.8) is 0 Å². The van der Waals surface area contributed by atoms with Crippen molar-refractivity contribution in [2.45, 2.75) is 63.9 Å². The van der Waals surface area contributed by atoms with Crippen molar-refractivity contribution in [3.8, 4) is 0 Å². The van der Waals surface area contributed by atoms with Crippen molar-refractivity contribution in [2.75, 3.05) is 6.54 Å². The molecule has 19 heavy (non-hydrogen) atoms. The fraction of sp³-hybridized carbons (Fsp3) is 0.846. The molecule has 0 aromatic carbocycles. The lowest BCUT2D eigenvalue weighted by atomic mass is 9.99. The number of amides is 1. The molecule has 0 aromatic heterocycles. The maximum Gasteiger partial charge on any atom is 0.410 e. The SMILES string of the molecule is CC(C)(C)OC(=O)N1CC[C@H]2O[C@H](C(=O)O)CC[C@H]21. The van der Waals surface area contributed by atoms with Gasteiger partial charge in [-0.05, 0) is 40.0 Å². The van der Waals surface area contributed by atoms with Gasteiger partial charge in [0.25, 0.3) is 0 Å². The van der Waals surface area contributed by atoms with Crippen LogP contribution >= 0.6 is 0 Å². The second-order valence-corrected chi connectivity index (χ2v) is 6.11. The normalized spacial score (nSPS) is 30.9. The van der Waals surface area contributed by atoms with Crippen LogP contribution in [0.2, 0.25) is 0 Å². The number of likely N-dealkylation sites (tertiary alicyclic amines) is 1. The third-order valence-corrected chi connectivity index (χ3v) is 3.45. The fourth-order valence-corrected chi connectivity index (χ4v) is 2.66. The van der Waals surface area contributed by atoms with E-state index >= 15 is 0 Å². The molecule has 2 aliphatic heterocycles. The van der Waals surface area contributed by atoms with E-state index in [2.05, 4.69) is 0 Å². The van der Waals surface area contributed by atoms with Gasteiger partial charge in [0.05, 0.1) is 12.1 Å². The lowest BCUT2D eigenvalue weighted by Crippen LogP contribution is -2.47. The summed E-state index contributed by atoms with van der Waals surface area (Å²) in [5, 5.41) is 8.96. The van der Waals surface area contributed by atoms with Crippen molar-refractivity contribution in [1.29, 1.82) is 0 Å². The Morgan fingerprint density at radius 1 is 1.26 bits per heavy atom. The molecular weight excluding hydrogens is 250 g/mol. The van der Waals surface area contributed by atoms with Gasteiger partial charge in [-0.2, -0.15) is 0 Å². The first-order chi connectivity index (χ1) is 8.78. The monoisotopic (exact) mass is 271 g/mol. The molecule has 1 amide bonds. The Bertz CT molecular complexity index is 376. The van der Waals surface area contributed by atoms with Crippen molar-refractivity contribution in [2.24, 2.45) is 0 Å². The Morgan fingerprint density at radius 2 is 1.95 bits per heavy atom. The molecule has 0 radical (unpaired) electrons. The van der Waals surface area contributed by atoms with Crippen LogP contribution in [0, 0.1) is 0 Å². The standard InChI is InChI=1S/C13H21NO5/c1-13(2,3)19-12(17)14-7-6-9-8(14)4-5-10(18-9)11(15)16/h8-10H,4-7H2,1-3H3,(H,15,16)/t8-,9-,10+/m1/s1. The highest BCUT2D eigenvalue weighted by molar-refractivity contribution is 5.73. The molecular formula is C13H21NO5. The van der Waals surface area contributed by atoms with Crippen LogP contribution in [0.5, 0.6) is 0 Å². The van der Waals surface area contributed by atoms with E-state index in [1.807, 2.05) is 20.8 Å². The lowest BCUT2D eigenvalue weighted by molar-refractivity contribution is -0.160. The van der Waals surface area contributed by atoms with Crippen LogP contribution in [0.3, 0.4) is 0 Å². The van der Waals surface area contributed by atoms with E-state index in [1.54, 1.807) is 4.90 Å². The molecule has 2 saturated heterocycles. The van der Waals surface area contributed by atoms with Crippen LogP contribution in [0.25, 0.3) is 0 Å². The smallest absolute Gasteiger partial charge is 0.410 e. The highest BCUT2D eigenvalue weighted by Crippen LogP contribution is 2.32. The first kappa shape index (κ1) is 14.1. The summed E-state index contributed by atoms with van der Waals surface area (Å²) >= 11 is 0. The lowest BCUT2D eigenvalue weighted by Gasteiger charge is -2.35. The summed E-state index contributed by atoms with van der Waals surface area (Å²) in [7, 11) is 0. The molecule has 0 aliphatic carbocycles. The minimum Gasteiger partial charge on any atom is -0.479 e. The molecule has 6 nitrogen and oxygen atoms in total. The van der Waals surface area contributed by atoms with Crippen LogP contribution in [0.15, 0.2) is 0 Å². The highest BCUT2D eigenvalue weighted by atomic mass is 16.6. The molecule has 2 heterocycles. The van der Waals surface area contributed by atoms with Crippen LogP contribution in [-0.2, 0) is 14.3 Å². The molecule has 0 unspecified atom stereocenters. The number of nitrogens with zero attached hydrogens (tertiary/aromatic N) is 1. The highest BCUT2D eigenvalue weighted by Gasteiger charge is 2.44. The minimum atomic E-state index is -0.922. The van der Waals surface area contributed by atoms with Gasteiger partial charge in [-0.1, -0.05) is 0 Å². The molecule has 2 aliphatic rings. The van der Waals surface area contributed by atoms with Gasteiger partial charge in [0.2, 0.25) is 0 Å². The minimum absolute atomic E-state index is 0.0505. The Hall–Kier alpha value is -1.30. The quantitative estimate of drug-likeness (QED) is 0.784. The molecule has 2 rings (SSSR count). The summed E-state index contributed by atoms with van der Waals surface area (Å²) in [6, 6.07) is -0.0505. The average Bonchev–Trinajstić information content (AvgIpc) is 2.68. The molecule has 6 heteroatoms. The zero-order chi connectivity index (χ0) is 14.2. The van der Waals surface area contributed by atoms with Crippen molar-refractivity contribution >= 4 is 12.1 Å². The second kappa shape index (κ2) is 5.00. The summed E-state index contributed by atoms with van der Waals surface area (Å²) in [4.78, 5) is 24.7. The summed E-state index contributed by atoms with van der Waals surface area (Å²) < 4.78 is 10.9. The van der Waals surface area contributed by atoms with Crippen molar-refractivity contribution in [1.82, 2.24) is 4.90 Å². The fourth-order valence-electron chi connectivity index (χ4n) is 2.66. The predicted octanol–water partition coefficient (Wildman–Crippen LogP) is 1.63. The zero-order valence-corrected chi connectivity index (χ0v) is 11.6. The van der Waals surface area contributed by atoms with Crippen LogP contribution < -0.4 is 0 Å². The van der Waals surface area contributed by atoms with Crippen LogP contribution in [0.1, 0.15) is 40.0 Å². The van der Waals surface area contributed by atoms with Crippen LogP contribution in [0.4, 0.5) is 4.79 Å². The van der Waals surface area contributed by atoms with E-state index in [4.69, 9.17) is 14.6 Å². The third-order valence-electron chi connectivity index (χ3n) is 3.45. The van der Waals surface area contributed by atoms with Crippen LogP contribution in [-0.4, -0.2) is 52.5 Å². The molecule has 0 aromatic rings. The van der Waals surface area contributed by atoms with E-state index in [1.165, 1.54) is 0 Å². The van der Waals surface area contributed by atoms with E-state index in [-0.39, 0.29) is 18.2 Å². The molecule has 2 fully saturated rings. The number of hydrogen-bond acceptors (Lipinski definition) is 4. The molecule has 0 saturated carbocycles. The summed E-state index contributed by atoms with van der Waals surface area (Å²) in [5.74, 6) is -0.922. The van der Waals surface area contributed by atoms with Gasteiger partial charge in [-0.25, -0.2) is 9.59 Å². The molecule has 108 valence electrons. The Labute approximate surface area is 112 Å². The first-order valence-electron chi connectivity index (χ1n) is 6.66. The topological polar surface area (TPSA) is 76.1 Å². The van der Waals surface area contributed by atoms with Gasteiger partial charge in [0, 0.05) is 6.54 Å². The van der Waals surface area contributed by atoms with Gasteiger partial charge in [0.15, 0.2) is 6.10 Å². The number of carbonyl (C=O) groups is 2. The van der Waals surface area contributed by atoms with E-state index in [0.717, 1.165) is 0 Å². The van der Waals surface area contributed by atoms with E-state index in [0.29, 0.717) is 25.8 Å². The van der Waals surface area contributed by atoms with Crippen molar-refractivity contribution < 1.29 is 24.2 Å². The van der Waals surface area contributed by atoms with E-state index < -0.39 is 17.7 Å². The van der Waals surface area contributed by atoms with Crippen molar-refractivity contribution in [3.05, 3.63) is 0 Å². The molecule has 0 bridgehead atoms. The number of aliphatic carboxylic acids is 1. The van der Waals surface area contributed by atoms with Gasteiger partial charge >= 0.3 is 12.1 Å². The van der Waals surface area contributed by atoms with Gasteiger partial charge in [-0.15, -0.1) is 0 Å². The third kappa shape index (κ3) is 3.18. The summed E-state index contributed by atoms with van der Waals surface area (Å²) in [5.41, 5.74) is -0.520. The average molecular weight is 271 g/mol. The van der Waals surface area contributed by atoms with Gasteiger partial charge < -0.3 is 19.5 Å². The first-order valence-corrected chi connectivity index (χ1v) is 6.66. The van der Waals surface area contributed by atoms with Gasteiger partial charge in [-0.3, -0.25) is 0 Å². The summed E-state index contributed by atoms with van der Waals surface area (Å²) in [6.45, 7) is 6.05.